The predicted octanol–water partition coefficient (Wildman–Crippen LogP) is 1.67. The molecule has 0 spiro atoms. The highest BCUT2D eigenvalue weighted by Crippen LogP contribution is 2.34. The topological polar surface area (TPSA) is 49.3 Å². The van der Waals surface area contributed by atoms with Crippen LogP contribution >= 0.6 is 11.3 Å². The normalized spacial score (nSPS) is 21.2. The molecule has 1 unspecified atom stereocenters. The van der Waals surface area contributed by atoms with Crippen molar-refractivity contribution in [1.29, 1.82) is 0 Å². The molecule has 88 valence electrons. The second kappa shape index (κ2) is 4.97. The summed E-state index contributed by atoms with van der Waals surface area (Å²) in [5.74, 6) is 0.0462. The van der Waals surface area contributed by atoms with Gasteiger partial charge < -0.3 is 10.4 Å². The van der Waals surface area contributed by atoms with Crippen LogP contribution in [-0.4, -0.2) is 23.7 Å². The largest absolute Gasteiger partial charge is 0.394 e. The van der Waals surface area contributed by atoms with Crippen molar-refractivity contribution in [2.75, 3.05) is 6.61 Å². The molecular weight excluding hydrogens is 222 g/mol. The van der Waals surface area contributed by atoms with Crippen LogP contribution in [0.4, 0.5) is 0 Å². The summed E-state index contributed by atoms with van der Waals surface area (Å²) in [6.07, 6.45) is 3.11. The molecule has 4 heteroatoms. The average Bonchev–Trinajstić information content (AvgIpc) is 2.76. The van der Waals surface area contributed by atoms with E-state index < -0.39 is 0 Å². The lowest BCUT2D eigenvalue weighted by Crippen LogP contribution is -2.39. The molecule has 1 aromatic heterocycles. The zero-order valence-corrected chi connectivity index (χ0v) is 10.2. The third-order valence-corrected chi connectivity index (χ3v) is 4.03. The smallest absolute Gasteiger partial charge is 0.227 e. The summed E-state index contributed by atoms with van der Waals surface area (Å²) in [4.78, 5) is 13.4. The predicted molar refractivity (Wildman–Crippen MR) is 64.7 cm³/mol. The maximum atomic E-state index is 12.0. The molecule has 3 nitrogen and oxygen atoms in total. The fourth-order valence-electron chi connectivity index (χ4n) is 2.15. The summed E-state index contributed by atoms with van der Waals surface area (Å²) in [6, 6.07) is 1.91. The lowest BCUT2D eigenvalue weighted by atomic mass is 9.87. The second-order valence-electron chi connectivity index (χ2n) is 4.34. The summed E-state index contributed by atoms with van der Waals surface area (Å²) in [5.41, 5.74) is 1.19. The van der Waals surface area contributed by atoms with Gasteiger partial charge in [-0.25, -0.2) is 0 Å². The first kappa shape index (κ1) is 11.6. The summed E-state index contributed by atoms with van der Waals surface area (Å²) >= 11 is 1.74. The van der Waals surface area contributed by atoms with Gasteiger partial charge in [0.1, 0.15) is 0 Å². The summed E-state index contributed by atoms with van der Waals surface area (Å²) in [5, 5.41) is 13.8. The van der Waals surface area contributed by atoms with Crippen molar-refractivity contribution >= 4 is 17.2 Å². The Balaban J connectivity index is 2.09. The van der Waals surface area contributed by atoms with E-state index >= 15 is 0 Å². The molecule has 1 heterocycles. The molecule has 1 aliphatic rings. The summed E-state index contributed by atoms with van der Waals surface area (Å²) in [7, 11) is 0. The van der Waals surface area contributed by atoms with Gasteiger partial charge in [-0.3, -0.25) is 4.79 Å². The molecule has 2 atom stereocenters. The van der Waals surface area contributed by atoms with Crippen molar-refractivity contribution in [3.63, 3.8) is 0 Å². The zero-order valence-electron chi connectivity index (χ0n) is 9.40. The molecular formula is C12H17NO2S. The van der Waals surface area contributed by atoms with Gasteiger partial charge in [0.15, 0.2) is 0 Å². The van der Waals surface area contributed by atoms with Crippen LogP contribution in [0.25, 0.3) is 0 Å². The van der Waals surface area contributed by atoms with Gasteiger partial charge in [0.2, 0.25) is 5.91 Å². The number of nitrogens with one attached hydrogen (secondary N) is 1. The maximum Gasteiger partial charge on any atom is 0.227 e. The van der Waals surface area contributed by atoms with Crippen LogP contribution < -0.4 is 5.32 Å². The van der Waals surface area contributed by atoms with Crippen molar-refractivity contribution in [3.05, 3.63) is 21.9 Å². The van der Waals surface area contributed by atoms with Crippen LogP contribution in [0.15, 0.2) is 11.4 Å². The fourth-order valence-corrected chi connectivity index (χ4v) is 3.14. The van der Waals surface area contributed by atoms with Crippen LogP contribution in [0.1, 0.15) is 36.1 Å². The van der Waals surface area contributed by atoms with Crippen molar-refractivity contribution in [2.24, 2.45) is 0 Å². The molecule has 0 fully saturated rings. The van der Waals surface area contributed by atoms with Gasteiger partial charge in [-0.2, -0.15) is 0 Å². The van der Waals surface area contributed by atoms with Crippen LogP contribution in [0.2, 0.25) is 0 Å². The zero-order chi connectivity index (χ0) is 11.5. The number of carbonyl (C=O) groups excluding carboxylic acids is 1. The van der Waals surface area contributed by atoms with Crippen molar-refractivity contribution in [1.82, 2.24) is 5.32 Å². The Kier molecular flexibility index (Phi) is 3.61. The Morgan fingerprint density at radius 3 is 3.31 bits per heavy atom. The third kappa shape index (κ3) is 2.28. The van der Waals surface area contributed by atoms with E-state index in [9.17, 15) is 4.79 Å². The number of carbonyl (C=O) groups is 1. The molecule has 0 saturated heterocycles. The quantitative estimate of drug-likeness (QED) is 0.843. The van der Waals surface area contributed by atoms with Gasteiger partial charge in [-0.1, -0.05) is 0 Å². The van der Waals surface area contributed by atoms with E-state index in [1.54, 1.807) is 11.3 Å². The van der Waals surface area contributed by atoms with Crippen LogP contribution in [-0.2, 0) is 11.2 Å². The van der Waals surface area contributed by atoms with E-state index in [4.69, 9.17) is 5.11 Å². The number of hydrogen-bond acceptors (Lipinski definition) is 3. The lowest BCUT2D eigenvalue weighted by Gasteiger charge is -2.23. The van der Waals surface area contributed by atoms with E-state index in [0.717, 1.165) is 19.3 Å². The van der Waals surface area contributed by atoms with Gasteiger partial charge in [-0.15, -0.1) is 11.3 Å². The Bertz CT molecular complexity index is 375. The number of aliphatic hydroxyl groups excluding tert-OH is 1. The molecule has 1 aromatic rings. The maximum absolute atomic E-state index is 12.0. The Morgan fingerprint density at radius 1 is 1.75 bits per heavy atom. The minimum Gasteiger partial charge on any atom is -0.394 e. The Hall–Kier alpha value is -0.870. The molecule has 1 aliphatic carbocycles. The molecule has 0 aromatic carbocycles. The number of thiophene rings is 1. The summed E-state index contributed by atoms with van der Waals surface area (Å²) in [6.45, 7) is 1.81. The lowest BCUT2D eigenvalue weighted by molar-refractivity contribution is -0.123. The second-order valence-corrected chi connectivity index (χ2v) is 5.34. The van der Waals surface area contributed by atoms with Crippen LogP contribution in [0, 0.1) is 0 Å². The number of aliphatic hydroxyl groups is 1. The van der Waals surface area contributed by atoms with Gasteiger partial charge >= 0.3 is 0 Å². The van der Waals surface area contributed by atoms with Gasteiger partial charge in [0.05, 0.1) is 12.5 Å². The van der Waals surface area contributed by atoms with E-state index in [1.807, 2.05) is 6.92 Å². The van der Waals surface area contributed by atoms with E-state index in [-0.39, 0.29) is 24.5 Å². The first-order valence-electron chi connectivity index (χ1n) is 5.70. The highest BCUT2D eigenvalue weighted by Gasteiger charge is 2.27. The minimum absolute atomic E-state index is 0.00501. The van der Waals surface area contributed by atoms with E-state index in [2.05, 4.69) is 16.8 Å². The standard InChI is InChI=1S/C12H17NO2S/c1-8(7-14)13-12(15)10-3-2-4-11-9(10)5-6-16-11/h5-6,8,10,14H,2-4,7H2,1H3,(H,13,15)/t8-,10?/m1/s1. The highest BCUT2D eigenvalue weighted by molar-refractivity contribution is 7.10. The molecule has 2 N–H and O–H groups in total. The van der Waals surface area contributed by atoms with Gasteiger partial charge in [0, 0.05) is 10.9 Å². The SMILES string of the molecule is C[C@H](CO)NC(=O)C1CCCc2sccc21. The van der Waals surface area contributed by atoms with Crippen LogP contribution in [0.5, 0.6) is 0 Å². The third-order valence-electron chi connectivity index (χ3n) is 3.03. The van der Waals surface area contributed by atoms with Crippen molar-refractivity contribution in [2.45, 2.75) is 38.1 Å². The Labute approximate surface area is 99.5 Å². The Morgan fingerprint density at radius 2 is 2.56 bits per heavy atom. The van der Waals surface area contributed by atoms with Crippen molar-refractivity contribution in [3.8, 4) is 0 Å². The molecule has 0 radical (unpaired) electrons. The average molecular weight is 239 g/mol. The molecule has 0 saturated carbocycles. The molecule has 2 rings (SSSR count). The molecule has 0 bridgehead atoms. The summed E-state index contributed by atoms with van der Waals surface area (Å²) < 4.78 is 0. The minimum atomic E-state index is -0.156. The fraction of sp³-hybridized carbons (Fsp3) is 0.583. The molecule has 1 amide bonds. The molecule has 16 heavy (non-hydrogen) atoms. The first-order valence-corrected chi connectivity index (χ1v) is 6.58. The van der Waals surface area contributed by atoms with Crippen molar-refractivity contribution < 1.29 is 9.90 Å². The number of rotatable bonds is 3. The highest BCUT2D eigenvalue weighted by atomic mass is 32.1. The van der Waals surface area contributed by atoms with Gasteiger partial charge in [0.25, 0.3) is 0 Å². The van der Waals surface area contributed by atoms with Gasteiger partial charge in [-0.05, 0) is 43.2 Å². The number of fused-ring (bicyclic) bond motifs is 1. The monoisotopic (exact) mass is 239 g/mol. The number of amides is 1. The van der Waals surface area contributed by atoms with Crippen LogP contribution in [0.3, 0.4) is 0 Å². The van der Waals surface area contributed by atoms with E-state index in [0.29, 0.717) is 0 Å². The first-order chi connectivity index (χ1) is 7.72. The number of hydrogen-bond donors (Lipinski definition) is 2. The number of aryl methyl sites for hydroxylation is 1. The van der Waals surface area contributed by atoms with E-state index in [1.165, 1.54) is 10.4 Å². The molecule has 0 aliphatic heterocycles.